The summed E-state index contributed by atoms with van der Waals surface area (Å²) in [5.74, 6) is 0. The number of benzene rings is 1. The summed E-state index contributed by atoms with van der Waals surface area (Å²) >= 11 is 0. The van der Waals surface area contributed by atoms with Gasteiger partial charge in [-0.2, -0.15) is 0 Å². The summed E-state index contributed by atoms with van der Waals surface area (Å²) in [6.07, 6.45) is 2.78. The minimum absolute atomic E-state index is 0.474. The van der Waals surface area contributed by atoms with Crippen molar-refractivity contribution in [2.75, 3.05) is 6.54 Å². The van der Waals surface area contributed by atoms with Gasteiger partial charge in [-0.05, 0) is 37.7 Å². The van der Waals surface area contributed by atoms with Gasteiger partial charge in [-0.15, -0.1) is 0 Å². The monoisotopic (exact) mass is 203 g/mol. The molecule has 0 radical (unpaired) electrons. The Labute approximate surface area is 92.9 Å². The van der Waals surface area contributed by atoms with Gasteiger partial charge in [-0.3, -0.25) is 0 Å². The second kappa shape index (κ2) is 3.97. The third kappa shape index (κ3) is 2.82. The maximum absolute atomic E-state index is 3.63. The topological polar surface area (TPSA) is 12.0 Å². The van der Waals surface area contributed by atoms with Gasteiger partial charge < -0.3 is 5.32 Å². The highest BCUT2D eigenvalue weighted by Crippen LogP contribution is 2.44. The van der Waals surface area contributed by atoms with Crippen LogP contribution in [-0.2, 0) is 0 Å². The highest BCUT2D eigenvalue weighted by atomic mass is 14.9. The molecule has 15 heavy (non-hydrogen) atoms. The number of nitrogens with one attached hydrogen (secondary N) is 1. The summed E-state index contributed by atoms with van der Waals surface area (Å²) in [5.41, 5.74) is 3.34. The van der Waals surface area contributed by atoms with Gasteiger partial charge in [0.05, 0.1) is 0 Å². The van der Waals surface area contributed by atoms with Crippen LogP contribution in [0.5, 0.6) is 0 Å². The van der Waals surface area contributed by atoms with E-state index in [1.54, 1.807) is 0 Å². The van der Waals surface area contributed by atoms with Gasteiger partial charge in [0.25, 0.3) is 0 Å². The molecule has 1 aliphatic rings. The third-order valence-corrected chi connectivity index (χ3v) is 3.48. The quantitative estimate of drug-likeness (QED) is 0.790. The standard InChI is InChI=1S/C14H21N/c1-11-5-4-6-13(9-11)12(2)15-10-14(3)7-8-14/h4-6,9,12,15H,7-8,10H2,1-3H3. The molecule has 1 aromatic carbocycles. The van der Waals surface area contributed by atoms with Crippen LogP contribution in [0.2, 0.25) is 0 Å². The Kier molecular flexibility index (Phi) is 2.83. The first-order valence-electron chi connectivity index (χ1n) is 5.89. The molecule has 0 heterocycles. The molecule has 0 amide bonds. The van der Waals surface area contributed by atoms with Crippen LogP contribution in [0.4, 0.5) is 0 Å². The van der Waals surface area contributed by atoms with E-state index < -0.39 is 0 Å². The van der Waals surface area contributed by atoms with Crippen molar-refractivity contribution < 1.29 is 0 Å². The predicted molar refractivity (Wildman–Crippen MR) is 64.9 cm³/mol. The van der Waals surface area contributed by atoms with E-state index in [0.717, 1.165) is 6.54 Å². The molecular formula is C14H21N. The zero-order valence-corrected chi connectivity index (χ0v) is 10.0. The zero-order valence-electron chi connectivity index (χ0n) is 10.0. The SMILES string of the molecule is Cc1cccc(C(C)NCC2(C)CC2)c1. The van der Waals surface area contributed by atoms with Crippen molar-refractivity contribution in [3.8, 4) is 0 Å². The molecule has 1 unspecified atom stereocenters. The molecule has 82 valence electrons. The van der Waals surface area contributed by atoms with Crippen molar-refractivity contribution >= 4 is 0 Å². The minimum Gasteiger partial charge on any atom is -0.310 e. The molecule has 0 saturated heterocycles. The molecule has 0 aromatic heterocycles. The van der Waals surface area contributed by atoms with E-state index in [1.807, 2.05) is 0 Å². The molecule has 0 aliphatic heterocycles. The van der Waals surface area contributed by atoms with E-state index in [9.17, 15) is 0 Å². The number of aryl methyl sites for hydroxylation is 1. The molecule has 1 nitrogen and oxygen atoms in total. The lowest BCUT2D eigenvalue weighted by molar-refractivity contribution is 0.457. The molecule has 1 heteroatoms. The molecule has 1 saturated carbocycles. The van der Waals surface area contributed by atoms with Gasteiger partial charge in [-0.25, -0.2) is 0 Å². The van der Waals surface area contributed by atoms with Crippen molar-refractivity contribution in [2.45, 2.75) is 39.7 Å². The largest absolute Gasteiger partial charge is 0.310 e. The Balaban J connectivity index is 1.92. The molecule has 1 aliphatic carbocycles. The van der Waals surface area contributed by atoms with Crippen LogP contribution in [0, 0.1) is 12.3 Å². The molecule has 1 atom stereocenters. The molecule has 0 bridgehead atoms. The molecule has 1 N–H and O–H groups in total. The first-order valence-corrected chi connectivity index (χ1v) is 5.89. The van der Waals surface area contributed by atoms with E-state index in [2.05, 4.69) is 50.4 Å². The molecule has 1 aromatic rings. The van der Waals surface area contributed by atoms with Crippen LogP contribution in [0.3, 0.4) is 0 Å². The maximum Gasteiger partial charge on any atom is 0.0292 e. The van der Waals surface area contributed by atoms with Crippen LogP contribution in [-0.4, -0.2) is 6.54 Å². The van der Waals surface area contributed by atoms with Gasteiger partial charge in [0.15, 0.2) is 0 Å². The van der Waals surface area contributed by atoms with E-state index in [1.165, 1.54) is 24.0 Å². The fraction of sp³-hybridized carbons (Fsp3) is 0.571. The summed E-state index contributed by atoms with van der Waals surface area (Å²) in [6, 6.07) is 9.25. The average Bonchev–Trinajstić information content (AvgIpc) is 2.94. The first kappa shape index (κ1) is 10.7. The van der Waals surface area contributed by atoms with Gasteiger partial charge in [0, 0.05) is 12.6 Å². The highest BCUT2D eigenvalue weighted by Gasteiger charge is 2.36. The molecule has 1 fully saturated rings. The Morgan fingerprint density at radius 1 is 1.40 bits per heavy atom. The van der Waals surface area contributed by atoms with Gasteiger partial charge >= 0.3 is 0 Å². The summed E-state index contributed by atoms with van der Waals surface area (Å²) in [6.45, 7) is 7.92. The smallest absolute Gasteiger partial charge is 0.0292 e. The summed E-state index contributed by atoms with van der Waals surface area (Å²) in [5, 5.41) is 3.63. The lowest BCUT2D eigenvalue weighted by Gasteiger charge is -2.17. The normalized spacial score (nSPS) is 19.9. The Morgan fingerprint density at radius 3 is 2.73 bits per heavy atom. The molecule has 0 spiro atoms. The minimum atomic E-state index is 0.474. The van der Waals surface area contributed by atoms with Crippen molar-refractivity contribution in [2.24, 2.45) is 5.41 Å². The maximum atomic E-state index is 3.63. The Morgan fingerprint density at radius 2 is 2.13 bits per heavy atom. The van der Waals surface area contributed by atoms with E-state index in [0.29, 0.717) is 11.5 Å². The predicted octanol–water partition coefficient (Wildman–Crippen LogP) is 3.45. The van der Waals surface area contributed by atoms with Gasteiger partial charge in [0.1, 0.15) is 0 Å². The van der Waals surface area contributed by atoms with Crippen LogP contribution < -0.4 is 5.32 Å². The number of hydrogen-bond donors (Lipinski definition) is 1. The van der Waals surface area contributed by atoms with Crippen LogP contribution in [0.25, 0.3) is 0 Å². The van der Waals surface area contributed by atoms with Crippen LogP contribution in [0.1, 0.15) is 43.9 Å². The van der Waals surface area contributed by atoms with Crippen molar-refractivity contribution in [1.29, 1.82) is 0 Å². The molecular weight excluding hydrogens is 182 g/mol. The first-order chi connectivity index (χ1) is 7.09. The second-order valence-corrected chi connectivity index (χ2v) is 5.33. The van der Waals surface area contributed by atoms with Crippen molar-refractivity contribution in [3.63, 3.8) is 0 Å². The number of rotatable bonds is 4. The van der Waals surface area contributed by atoms with Gasteiger partial charge in [0.2, 0.25) is 0 Å². The summed E-state index contributed by atoms with van der Waals surface area (Å²) in [7, 11) is 0. The van der Waals surface area contributed by atoms with Gasteiger partial charge in [-0.1, -0.05) is 36.8 Å². The summed E-state index contributed by atoms with van der Waals surface area (Å²) < 4.78 is 0. The van der Waals surface area contributed by atoms with Crippen LogP contribution >= 0.6 is 0 Å². The molecule has 2 rings (SSSR count). The summed E-state index contributed by atoms with van der Waals surface area (Å²) in [4.78, 5) is 0. The second-order valence-electron chi connectivity index (χ2n) is 5.33. The average molecular weight is 203 g/mol. The number of hydrogen-bond acceptors (Lipinski definition) is 1. The fourth-order valence-electron chi connectivity index (χ4n) is 1.85. The highest BCUT2D eigenvalue weighted by molar-refractivity contribution is 5.24. The van der Waals surface area contributed by atoms with E-state index >= 15 is 0 Å². The Hall–Kier alpha value is -0.820. The van der Waals surface area contributed by atoms with Crippen molar-refractivity contribution in [3.05, 3.63) is 35.4 Å². The van der Waals surface area contributed by atoms with Crippen molar-refractivity contribution in [1.82, 2.24) is 5.32 Å². The third-order valence-electron chi connectivity index (χ3n) is 3.48. The zero-order chi connectivity index (χ0) is 10.9. The van der Waals surface area contributed by atoms with Crippen LogP contribution in [0.15, 0.2) is 24.3 Å². The van der Waals surface area contributed by atoms with E-state index in [4.69, 9.17) is 0 Å². The lowest BCUT2D eigenvalue weighted by atomic mass is 10.0. The van der Waals surface area contributed by atoms with E-state index in [-0.39, 0.29) is 0 Å². The Bertz CT molecular complexity index is 339. The lowest BCUT2D eigenvalue weighted by Crippen LogP contribution is -2.25. The fourth-order valence-corrected chi connectivity index (χ4v) is 1.85.